The van der Waals surface area contributed by atoms with Gasteiger partial charge in [-0.05, 0) is 6.54 Å². The monoisotopic (exact) mass is 207 g/mol. The molecule has 0 amide bonds. The molecule has 0 atom stereocenters. The Kier molecular flexibility index (Phi) is 3.08. The summed E-state index contributed by atoms with van der Waals surface area (Å²) in [5, 5.41) is 3.17. The van der Waals surface area contributed by atoms with Gasteiger partial charge in [-0.2, -0.15) is 4.98 Å². The summed E-state index contributed by atoms with van der Waals surface area (Å²) in [6.07, 6.45) is 3.03. The van der Waals surface area contributed by atoms with Crippen LogP contribution in [0.5, 0.6) is 5.88 Å². The molecule has 0 aromatic carbocycles. The van der Waals surface area contributed by atoms with E-state index in [1.54, 1.807) is 6.33 Å². The standard InChI is InChI=1S/C9H13N5O/c1-2-10-3-4-15-9-7-8(12-5-11-7)13-6-14-9/h5-6,10H,2-4H2,1H3,(H,11,12,13,14). The third-order valence-electron chi connectivity index (χ3n) is 1.96. The Bertz CT molecular complexity index is 427. The van der Waals surface area contributed by atoms with Crippen LogP contribution in [-0.2, 0) is 0 Å². The molecular weight excluding hydrogens is 194 g/mol. The third-order valence-corrected chi connectivity index (χ3v) is 1.96. The fourth-order valence-electron chi connectivity index (χ4n) is 1.25. The van der Waals surface area contributed by atoms with Crippen LogP contribution < -0.4 is 10.1 Å². The SMILES string of the molecule is CCNCCOc1ncnc2nc[nH]c12. The normalized spacial score (nSPS) is 10.7. The van der Waals surface area contributed by atoms with Gasteiger partial charge in [-0.3, -0.25) is 0 Å². The molecular formula is C9H13N5O. The highest BCUT2D eigenvalue weighted by molar-refractivity contribution is 5.74. The van der Waals surface area contributed by atoms with E-state index < -0.39 is 0 Å². The number of H-pyrrole nitrogens is 1. The van der Waals surface area contributed by atoms with Crippen molar-refractivity contribution < 1.29 is 4.74 Å². The molecule has 2 N–H and O–H groups in total. The second kappa shape index (κ2) is 4.70. The van der Waals surface area contributed by atoms with Gasteiger partial charge in [0, 0.05) is 6.54 Å². The number of nitrogens with one attached hydrogen (secondary N) is 2. The van der Waals surface area contributed by atoms with E-state index in [9.17, 15) is 0 Å². The summed E-state index contributed by atoms with van der Waals surface area (Å²) >= 11 is 0. The van der Waals surface area contributed by atoms with Gasteiger partial charge in [-0.1, -0.05) is 6.92 Å². The minimum Gasteiger partial charge on any atom is -0.475 e. The van der Waals surface area contributed by atoms with Gasteiger partial charge in [0.15, 0.2) is 5.65 Å². The van der Waals surface area contributed by atoms with E-state index in [0.717, 1.165) is 18.6 Å². The first-order chi connectivity index (χ1) is 7.42. The lowest BCUT2D eigenvalue weighted by atomic mass is 10.5. The first kappa shape index (κ1) is 9.85. The van der Waals surface area contributed by atoms with Crippen molar-refractivity contribution in [2.75, 3.05) is 19.7 Å². The highest BCUT2D eigenvalue weighted by atomic mass is 16.5. The van der Waals surface area contributed by atoms with Gasteiger partial charge in [0.25, 0.3) is 0 Å². The largest absolute Gasteiger partial charge is 0.475 e. The number of fused-ring (bicyclic) bond motifs is 1. The Morgan fingerprint density at radius 1 is 1.40 bits per heavy atom. The Hall–Kier alpha value is -1.69. The van der Waals surface area contributed by atoms with Crippen LogP contribution >= 0.6 is 0 Å². The predicted molar refractivity (Wildman–Crippen MR) is 55.7 cm³/mol. The zero-order valence-corrected chi connectivity index (χ0v) is 8.53. The summed E-state index contributed by atoms with van der Waals surface area (Å²) in [5.41, 5.74) is 1.37. The smallest absolute Gasteiger partial charge is 0.243 e. The molecule has 6 nitrogen and oxygen atoms in total. The molecule has 0 aliphatic carbocycles. The average Bonchev–Trinajstić information content (AvgIpc) is 2.73. The molecule has 0 saturated carbocycles. The maximum atomic E-state index is 5.49. The first-order valence-corrected chi connectivity index (χ1v) is 4.89. The highest BCUT2D eigenvalue weighted by Gasteiger charge is 2.05. The zero-order chi connectivity index (χ0) is 10.5. The van der Waals surface area contributed by atoms with Crippen LogP contribution in [0, 0.1) is 0 Å². The maximum absolute atomic E-state index is 5.49. The summed E-state index contributed by atoms with van der Waals surface area (Å²) in [6.45, 7) is 4.37. The van der Waals surface area contributed by atoms with Crippen LogP contribution in [0.1, 0.15) is 6.92 Å². The number of imidazole rings is 1. The van der Waals surface area contributed by atoms with Crippen LogP contribution in [-0.4, -0.2) is 39.6 Å². The number of likely N-dealkylation sites (N-methyl/N-ethyl adjacent to an activating group) is 1. The van der Waals surface area contributed by atoms with Gasteiger partial charge in [0.1, 0.15) is 18.5 Å². The van der Waals surface area contributed by atoms with Gasteiger partial charge < -0.3 is 15.0 Å². The molecule has 0 aliphatic rings. The van der Waals surface area contributed by atoms with Crippen molar-refractivity contribution in [1.82, 2.24) is 25.3 Å². The topological polar surface area (TPSA) is 75.7 Å². The van der Waals surface area contributed by atoms with Crippen LogP contribution in [0.2, 0.25) is 0 Å². The van der Waals surface area contributed by atoms with Crippen molar-refractivity contribution in [1.29, 1.82) is 0 Å². The zero-order valence-electron chi connectivity index (χ0n) is 8.53. The minimum absolute atomic E-state index is 0.551. The van der Waals surface area contributed by atoms with Gasteiger partial charge in [0.2, 0.25) is 5.88 Å². The lowest BCUT2D eigenvalue weighted by Crippen LogP contribution is -2.20. The number of hydrogen-bond donors (Lipinski definition) is 2. The van der Waals surface area contributed by atoms with Crippen molar-refractivity contribution in [2.45, 2.75) is 6.92 Å². The van der Waals surface area contributed by atoms with Crippen molar-refractivity contribution in [3.8, 4) is 5.88 Å². The van der Waals surface area contributed by atoms with Gasteiger partial charge in [-0.15, -0.1) is 0 Å². The highest BCUT2D eigenvalue weighted by Crippen LogP contribution is 2.16. The molecule has 6 heteroatoms. The average molecular weight is 207 g/mol. The summed E-state index contributed by atoms with van der Waals surface area (Å²) in [4.78, 5) is 15.0. The minimum atomic E-state index is 0.551. The number of hydrogen-bond acceptors (Lipinski definition) is 5. The Morgan fingerprint density at radius 3 is 3.20 bits per heavy atom. The van der Waals surface area contributed by atoms with E-state index in [1.165, 1.54) is 6.33 Å². The van der Waals surface area contributed by atoms with Crippen molar-refractivity contribution in [3.05, 3.63) is 12.7 Å². The van der Waals surface area contributed by atoms with E-state index in [4.69, 9.17) is 4.74 Å². The Labute approximate surface area is 87.1 Å². The van der Waals surface area contributed by atoms with Crippen LogP contribution in [0.25, 0.3) is 11.2 Å². The number of rotatable bonds is 5. The number of nitrogens with zero attached hydrogens (tertiary/aromatic N) is 3. The maximum Gasteiger partial charge on any atom is 0.243 e. The molecule has 0 saturated heterocycles. The summed E-state index contributed by atoms with van der Waals surface area (Å²) in [6, 6.07) is 0. The molecule has 0 aliphatic heterocycles. The molecule has 80 valence electrons. The van der Waals surface area contributed by atoms with E-state index >= 15 is 0 Å². The summed E-state index contributed by atoms with van der Waals surface area (Å²) in [7, 11) is 0. The van der Waals surface area contributed by atoms with Gasteiger partial charge >= 0.3 is 0 Å². The molecule has 0 unspecified atom stereocenters. The van der Waals surface area contributed by atoms with Crippen LogP contribution in [0.3, 0.4) is 0 Å². The molecule has 2 rings (SSSR count). The summed E-state index contributed by atoms with van der Waals surface area (Å²) < 4.78 is 5.49. The van der Waals surface area contributed by atoms with Gasteiger partial charge in [-0.25, -0.2) is 9.97 Å². The Morgan fingerprint density at radius 2 is 2.33 bits per heavy atom. The molecule has 2 heterocycles. The van der Waals surface area contributed by atoms with Crippen molar-refractivity contribution in [2.24, 2.45) is 0 Å². The lowest BCUT2D eigenvalue weighted by molar-refractivity contribution is 0.306. The molecule has 15 heavy (non-hydrogen) atoms. The van der Waals surface area contributed by atoms with Crippen LogP contribution in [0.4, 0.5) is 0 Å². The number of aromatic nitrogens is 4. The molecule has 2 aromatic heterocycles. The second-order valence-corrected chi connectivity index (χ2v) is 2.98. The second-order valence-electron chi connectivity index (χ2n) is 2.98. The van der Waals surface area contributed by atoms with Gasteiger partial charge in [0.05, 0.1) is 6.33 Å². The van der Waals surface area contributed by atoms with E-state index in [2.05, 4.69) is 32.2 Å². The predicted octanol–water partition coefficient (Wildman–Crippen LogP) is 0.341. The quantitative estimate of drug-likeness (QED) is 0.691. The third kappa shape index (κ3) is 2.21. The first-order valence-electron chi connectivity index (χ1n) is 4.89. The molecule has 2 aromatic rings. The van der Waals surface area contributed by atoms with E-state index in [1.807, 2.05) is 0 Å². The molecule has 0 spiro atoms. The van der Waals surface area contributed by atoms with E-state index in [-0.39, 0.29) is 0 Å². The van der Waals surface area contributed by atoms with Crippen molar-refractivity contribution >= 4 is 11.2 Å². The van der Waals surface area contributed by atoms with Crippen LogP contribution in [0.15, 0.2) is 12.7 Å². The molecule has 0 bridgehead atoms. The van der Waals surface area contributed by atoms with E-state index in [0.29, 0.717) is 18.1 Å². The van der Waals surface area contributed by atoms with Crippen molar-refractivity contribution in [3.63, 3.8) is 0 Å². The fraction of sp³-hybridized carbons (Fsp3) is 0.444. The molecule has 0 radical (unpaired) electrons. The summed E-state index contributed by atoms with van der Waals surface area (Å²) in [5.74, 6) is 0.551. The number of ether oxygens (including phenoxy) is 1. The Balaban J connectivity index is 2.04. The molecule has 0 fully saturated rings. The fourth-order valence-corrected chi connectivity index (χ4v) is 1.25. The number of aromatic amines is 1. The lowest BCUT2D eigenvalue weighted by Gasteiger charge is -2.05.